The number of carbonyl (C=O) groups is 1. The summed E-state index contributed by atoms with van der Waals surface area (Å²) in [6, 6.07) is 19.6. The van der Waals surface area contributed by atoms with E-state index in [2.05, 4.69) is 31.3 Å². The largest absolute Gasteiger partial charge is 0.353 e. The second kappa shape index (κ2) is 6.32. The molecule has 0 bridgehead atoms. The Hall–Kier alpha value is -2.13. The van der Waals surface area contributed by atoms with Crippen molar-refractivity contribution in [2.45, 2.75) is 31.7 Å². The van der Waals surface area contributed by atoms with Crippen molar-refractivity contribution in [3.63, 3.8) is 0 Å². The van der Waals surface area contributed by atoms with Gasteiger partial charge in [0.05, 0.1) is 0 Å². The van der Waals surface area contributed by atoms with Crippen LogP contribution in [0.3, 0.4) is 0 Å². The van der Waals surface area contributed by atoms with Gasteiger partial charge in [0, 0.05) is 12.0 Å². The van der Waals surface area contributed by atoms with Crippen LogP contribution in [-0.2, 0) is 15.7 Å². The zero-order valence-electron chi connectivity index (χ0n) is 13.5. The van der Waals surface area contributed by atoms with Crippen LogP contribution < -0.4 is 11.1 Å². The Morgan fingerprint density at radius 2 is 1.36 bits per heavy atom. The van der Waals surface area contributed by atoms with Crippen molar-refractivity contribution in [1.82, 2.24) is 5.32 Å². The van der Waals surface area contributed by atoms with Crippen LogP contribution in [0, 0.1) is 0 Å². The van der Waals surface area contributed by atoms with E-state index in [1.54, 1.807) is 6.92 Å². The normalized spacial score (nSPS) is 14.2. The van der Waals surface area contributed by atoms with Crippen LogP contribution in [0.25, 0.3) is 0 Å². The lowest BCUT2D eigenvalue weighted by Crippen LogP contribution is -2.51. The molecule has 0 saturated carbocycles. The van der Waals surface area contributed by atoms with E-state index >= 15 is 0 Å². The molecule has 1 amide bonds. The molecule has 0 heterocycles. The summed E-state index contributed by atoms with van der Waals surface area (Å²) in [5, 5.41) is 3.00. The molecule has 2 rings (SSSR count). The molecule has 0 spiro atoms. The van der Waals surface area contributed by atoms with Crippen molar-refractivity contribution in [3.05, 3.63) is 71.8 Å². The second-order valence-electron chi connectivity index (χ2n) is 6.50. The van der Waals surface area contributed by atoms with Gasteiger partial charge in [0.15, 0.2) is 0 Å². The molecule has 3 heteroatoms. The van der Waals surface area contributed by atoms with Crippen molar-refractivity contribution in [2.24, 2.45) is 5.73 Å². The van der Waals surface area contributed by atoms with Crippen molar-refractivity contribution in [1.29, 1.82) is 0 Å². The standard InChI is InChI=1S/C19H24N2O/c1-18(2,15-10-6-4-7-11-15)14-21-17(22)19(3,20)16-12-8-5-9-13-16/h4-13H,14,20H2,1-3H3,(H,21,22). The van der Waals surface area contributed by atoms with Crippen molar-refractivity contribution in [2.75, 3.05) is 6.54 Å². The average Bonchev–Trinajstić information content (AvgIpc) is 2.54. The molecule has 1 unspecified atom stereocenters. The van der Waals surface area contributed by atoms with E-state index in [1.165, 1.54) is 5.56 Å². The summed E-state index contributed by atoms with van der Waals surface area (Å²) < 4.78 is 0. The average molecular weight is 296 g/mol. The van der Waals surface area contributed by atoms with E-state index in [0.717, 1.165) is 5.56 Å². The number of benzene rings is 2. The molecule has 0 aliphatic heterocycles. The van der Waals surface area contributed by atoms with E-state index in [-0.39, 0.29) is 11.3 Å². The summed E-state index contributed by atoms with van der Waals surface area (Å²) in [6.07, 6.45) is 0. The topological polar surface area (TPSA) is 55.1 Å². The summed E-state index contributed by atoms with van der Waals surface area (Å²) >= 11 is 0. The molecule has 0 aliphatic carbocycles. The van der Waals surface area contributed by atoms with Gasteiger partial charge in [-0.25, -0.2) is 0 Å². The fourth-order valence-electron chi connectivity index (χ4n) is 2.39. The van der Waals surface area contributed by atoms with E-state index < -0.39 is 5.54 Å². The molecule has 3 N–H and O–H groups in total. The molecule has 0 aromatic heterocycles. The van der Waals surface area contributed by atoms with Crippen LogP contribution in [0.1, 0.15) is 31.9 Å². The van der Waals surface area contributed by atoms with Gasteiger partial charge in [0.2, 0.25) is 5.91 Å². The minimum absolute atomic E-state index is 0.149. The summed E-state index contributed by atoms with van der Waals surface area (Å²) in [5.41, 5.74) is 7.05. The van der Waals surface area contributed by atoms with Gasteiger partial charge in [-0.05, 0) is 18.1 Å². The molecular weight excluding hydrogens is 272 g/mol. The Kier molecular flexibility index (Phi) is 4.67. The first kappa shape index (κ1) is 16.2. The van der Waals surface area contributed by atoms with Crippen LogP contribution >= 0.6 is 0 Å². The number of amides is 1. The second-order valence-corrected chi connectivity index (χ2v) is 6.50. The number of rotatable bonds is 5. The summed E-state index contributed by atoms with van der Waals surface area (Å²) in [4.78, 5) is 12.5. The molecule has 3 nitrogen and oxygen atoms in total. The lowest BCUT2D eigenvalue weighted by atomic mass is 9.84. The van der Waals surface area contributed by atoms with E-state index in [4.69, 9.17) is 5.73 Å². The molecule has 22 heavy (non-hydrogen) atoms. The fraction of sp³-hybridized carbons (Fsp3) is 0.316. The molecule has 0 saturated heterocycles. The SMILES string of the molecule is CC(C)(CNC(=O)C(C)(N)c1ccccc1)c1ccccc1. The highest BCUT2D eigenvalue weighted by molar-refractivity contribution is 5.87. The van der Waals surface area contributed by atoms with Gasteiger partial charge in [0.1, 0.15) is 5.54 Å². The van der Waals surface area contributed by atoms with E-state index in [9.17, 15) is 4.79 Å². The molecule has 0 fully saturated rings. The molecular formula is C19H24N2O. The number of hydrogen-bond acceptors (Lipinski definition) is 2. The maximum absolute atomic E-state index is 12.5. The van der Waals surface area contributed by atoms with Crippen molar-refractivity contribution in [3.8, 4) is 0 Å². The van der Waals surface area contributed by atoms with Gasteiger partial charge in [-0.3, -0.25) is 4.79 Å². The van der Waals surface area contributed by atoms with E-state index in [0.29, 0.717) is 6.54 Å². The summed E-state index contributed by atoms with van der Waals surface area (Å²) in [5.74, 6) is -0.164. The van der Waals surface area contributed by atoms with Gasteiger partial charge in [-0.1, -0.05) is 74.5 Å². The predicted molar refractivity (Wildman–Crippen MR) is 90.5 cm³/mol. The summed E-state index contributed by atoms with van der Waals surface area (Å²) in [7, 11) is 0. The minimum atomic E-state index is -1.03. The number of carbonyl (C=O) groups excluding carboxylic acids is 1. The predicted octanol–water partition coefficient (Wildman–Crippen LogP) is 2.95. The lowest BCUT2D eigenvalue weighted by Gasteiger charge is -2.29. The van der Waals surface area contributed by atoms with Crippen LogP contribution in [0.4, 0.5) is 0 Å². The third kappa shape index (κ3) is 3.55. The Bertz CT molecular complexity index is 618. The molecule has 1 atom stereocenters. The first-order valence-corrected chi connectivity index (χ1v) is 7.52. The van der Waals surface area contributed by atoms with Gasteiger partial charge >= 0.3 is 0 Å². The quantitative estimate of drug-likeness (QED) is 0.891. The lowest BCUT2D eigenvalue weighted by molar-refractivity contribution is -0.126. The number of nitrogens with two attached hydrogens (primary N) is 1. The van der Waals surface area contributed by atoms with Crippen molar-refractivity contribution >= 4 is 5.91 Å². The highest BCUT2D eigenvalue weighted by Gasteiger charge is 2.31. The smallest absolute Gasteiger partial charge is 0.244 e. The third-order valence-electron chi connectivity index (χ3n) is 4.09. The maximum atomic E-state index is 12.5. The van der Waals surface area contributed by atoms with Crippen LogP contribution in [0.5, 0.6) is 0 Å². The summed E-state index contributed by atoms with van der Waals surface area (Å²) in [6.45, 7) is 6.50. The minimum Gasteiger partial charge on any atom is -0.353 e. The zero-order chi connectivity index (χ0) is 16.2. The number of hydrogen-bond donors (Lipinski definition) is 2. The van der Waals surface area contributed by atoms with Gasteiger partial charge in [-0.2, -0.15) is 0 Å². The Morgan fingerprint density at radius 3 is 1.86 bits per heavy atom. The van der Waals surface area contributed by atoms with Crippen LogP contribution in [-0.4, -0.2) is 12.5 Å². The van der Waals surface area contributed by atoms with Crippen molar-refractivity contribution < 1.29 is 4.79 Å². The van der Waals surface area contributed by atoms with Gasteiger partial charge in [0.25, 0.3) is 0 Å². The Morgan fingerprint density at radius 1 is 0.909 bits per heavy atom. The third-order valence-corrected chi connectivity index (χ3v) is 4.09. The molecule has 2 aromatic rings. The first-order valence-electron chi connectivity index (χ1n) is 7.52. The molecule has 0 radical (unpaired) electrons. The van der Waals surface area contributed by atoms with Gasteiger partial charge < -0.3 is 11.1 Å². The van der Waals surface area contributed by atoms with Crippen LogP contribution in [0.2, 0.25) is 0 Å². The Labute approximate surface area is 132 Å². The molecule has 116 valence electrons. The van der Waals surface area contributed by atoms with E-state index in [1.807, 2.05) is 48.5 Å². The maximum Gasteiger partial charge on any atom is 0.244 e. The zero-order valence-corrected chi connectivity index (χ0v) is 13.5. The highest BCUT2D eigenvalue weighted by atomic mass is 16.2. The molecule has 0 aliphatic rings. The highest BCUT2D eigenvalue weighted by Crippen LogP contribution is 2.23. The first-order chi connectivity index (χ1) is 10.3. The van der Waals surface area contributed by atoms with Gasteiger partial charge in [-0.15, -0.1) is 0 Å². The van der Waals surface area contributed by atoms with Crippen LogP contribution in [0.15, 0.2) is 60.7 Å². The molecule has 2 aromatic carbocycles. The Balaban J connectivity index is 2.06. The fourth-order valence-corrected chi connectivity index (χ4v) is 2.39. The number of nitrogens with one attached hydrogen (secondary N) is 1. The monoisotopic (exact) mass is 296 g/mol.